The summed E-state index contributed by atoms with van der Waals surface area (Å²) >= 11 is 1.62. The molecule has 96 valence electrons. The Morgan fingerprint density at radius 2 is 2.50 bits per heavy atom. The van der Waals surface area contributed by atoms with Crippen LogP contribution in [0, 0.1) is 17.3 Å². The van der Waals surface area contributed by atoms with Crippen LogP contribution in [0.3, 0.4) is 0 Å². The molecule has 3 atom stereocenters. The van der Waals surface area contributed by atoms with Crippen LogP contribution in [0.25, 0.3) is 0 Å². The molecule has 1 aromatic heterocycles. The summed E-state index contributed by atoms with van der Waals surface area (Å²) in [5.41, 5.74) is 2.97. The quantitative estimate of drug-likeness (QED) is 0.660. The molecule has 0 saturated heterocycles. The minimum Gasteiger partial charge on any atom is -0.273 e. The Labute approximate surface area is 111 Å². The van der Waals surface area contributed by atoms with Crippen LogP contribution in [0.4, 0.5) is 0 Å². The molecule has 0 aliphatic heterocycles. The van der Waals surface area contributed by atoms with E-state index in [1.165, 1.54) is 25.7 Å². The number of amides is 1. The third-order valence-corrected chi connectivity index (χ3v) is 5.33. The highest BCUT2D eigenvalue weighted by atomic mass is 32.1. The largest absolute Gasteiger partial charge is 0.273 e. The first-order chi connectivity index (χ1) is 8.72. The summed E-state index contributed by atoms with van der Waals surface area (Å²) in [7, 11) is 0. The second-order valence-corrected chi connectivity index (χ2v) is 6.56. The highest BCUT2D eigenvalue weighted by Gasteiger charge is 2.64. The van der Waals surface area contributed by atoms with Crippen molar-refractivity contribution in [3.8, 4) is 0 Å². The molecule has 0 unspecified atom stereocenters. The minimum atomic E-state index is 0.109. The number of nitrogens with one attached hydrogen (secondary N) is 1. The molecule has 18 heavy (non-hydrogen) atoms. The van der Waals surface area contributed by atoms with Gasteiger partial charge in [-0.1, -0.05) is 25.8 Å². The van der Waals surface area contributed by atoms with Crippen molar-refractivity contribution >= 4 is 23.5 Å². The van der Waals surface area contributed by atoms with Crippen LogP contribution >= 0.6 is 11.3 Å². The summed E-state index contributed by atoms with van der Waals surface area (Å²) in [6.07, 6.45) is 6.68. The van der Waals surface area contributed by atoms with E-state index in [1.807, 2.05) is 17.5 Å². The van der Waals surface area contributed by atoms with Crippen molar-refractivity contribution in [2.75, 3.05) is 0 Å². The van der Waals surface area contributed by atoms with Gasteiger partial charge in [-0.15, -0.1) is 11.3 Å². The molecule has 1 amide bonds. The zero-order chi connectivity index (χ0) is 12.6. The van der Waals surface area contributed by atoms with Crippen molar-refractivity contribution in [3.63, 3.8) is 0 Å². The Morgan fingerprint density at radius 3 is 3.17 bits per heavy atom. The molecule has 0 spiro atoms. The van der Waals surface area contributed by atoms with Gasteiger partial charge in [0.1, 0.15) is 0 Å². The normalized spacial score (nSPS) is 34.3. The molecule has 0 bridgehead atoms. The van der Waals surface area contributed by atoms with Crippen molar-refractivity contribution in [3.05, 3.63) is 22.4 Å². The maximum absolute atomic E-state index is 12.1. The van der Waals surface area contributed by atoms with Gasteiger partial charge < -0.3 is 0 Å². The number of rotatable bonds is 3. The molecule has 1 heterocycles. The van der Waals surface area contributed by atoms with E-state index in [-0.39, 0.29) is 17.2 Å². The number of hydrogen-bond donors (Lipinski definition) is 1. The molecule has 2 aliphatic carbocycles. The van der Waals surface area contributed by atoms with Gasteiger partial charge in [0.15, 0.2) is 0 Å². The smallest absolute Gasteiger partial charge is 0.244 e. The molecule has 3 nitrogen and oxygen atoms in total. The Morgan fingerprint density at radius 1 is 1.61 bits per heavy atom. The van der Waals surface area contributed by atoms with Gasteiger partial charge in [-0.25, -0.2) is 5.43 Å². The van der Waals surface area contributed by atoms with E-state index in [9.17, 15) is 4.79 Å². The highest BCUT2D eigenvalue weighted by molar-refractivity contribution is 7.11. The Balaban J connectivity index is 1.57. The fraction of sp³-hybridized carbons (Fsp3) is 0.571. The van der Waals surface area contributed by atoms with Gasteiger partial charge in [0.25, 0.3) is 0 Å². The maximum Gasteiger partial charge on any atom is 0.244 e. The first-order valence-electron chi connectivity index (χ1n) is 6.58. The van der Waals surface area contributed by atoms with E-state index in [0.717, 1.165) is 4.88 Å². The summed E-state index contributed by atoms with van der Waals surface area (Å²) in [5, 5.41) is 6.05. The lowest BCUT2D eigenvalue weighted by Crippen LogP contribution is -2.22. The molecule has 0 aromatic carbocycles. The summed E-state index contributed by atoms with van der Waals surface area (Å²) in [6.45, 7) is 2.25. The average molecular weight is 262 g/mol. The Bertz CT molecular complexity index is 468. The minimum absolute atomic E-state index is 0.109. The van der Waals surface area contributed by atoms with Gasteiger partial charge in [-0.05, 0) is 35.6 Å². The molecular weight excluding hydrogens is 244 g/mol. The topological polar surface area (TPSA) is 41.5 Å². The van der Waals surface area contributed by atoms with Crippen molar-refractivity contribution in [2.24, 2.45) is 22.4 Å². The number of hydrazone groups is 1. The molecule has 4 heteroatoms. The van der Waals surface area contributed by atoms with E-state index in [1.54, 1.807) is 17.6 Å². The fourth-order valence-electron chi connectivity index (χ4n) is 3.44. The van der Waals surface area contributed by atoms with E-state index >= 15 is 0 Å². The molecule has 2 aliphatic rings. The predicted octanol–water partition coefficient (Wildman–Crippen LogP) is 3.02. The third kappa shape index (κ3) is 1.99. The summed E-state index contributed by atoms with van der Waals surface area (Å²) in [4.78, 5) is 13.1. The second-order valence-electron chi connectivity index (χ2n) is 5.59. The lowest BCUT2D eigenvalue weighted by Gasteiger charge is -2.15. The van der Waals surface area contributed by atoms with E-state index in [0.29, 0.717) is 5.92 Å². The van der Waals surface area contributed by atoms with Crippen molar-refractivity contribution in [1.29, 1.82) is 0 Å². The fourth-order valence-corrected chi connectivity index (χ4v) is 4.03. The Kier molecular flexibility index (Phi) is 2.98. The Hall–Kier alpha value is -1.16. The maximum atomic E-state index is 12.1. The highest BCUT2D eigenvalue weighted by Crippen LogP contribution is 2.66. The van der Waals surface area contributed by atoms with Gasteiger partial charge in [-0.2, -0.15) is 5.10 Å². The standard InChI is InChI=1S/C14H18N2OS/c1-14-7-3-2-6-11(14)12(14)13(17)16-15-9-10-5-4-8-18-10/h4-5,8-9,11-12H,2-3,6-7H2,1H3,(H,16,17)/b15-9-/t11-,12-,14-/m1/s1. The van der Waals surface area contributed by atoms with Crippen LogP contribution < -0.4 is 5.43 Å². The lowest BCUT2D eigenvalue weighted by atomic mass is 9.90. The van der Waals surface area contributed by atoms with Gasteiger partial charge in [0.05, 0.1) is 6.21 Å². The molecule has 0 radical (unpaired) electrons. The number of thiophene rings is 1. The average Bonchev–Trinajstić information content (AvgIpc) is 2.71. The van der Waals surface area contributed by atoms with Gasteiger partial charge >= 0.3 is 0 Å². The summed E-state index contributed by atoms with van der Waals surface area (Å²) in [5.74, 6) is 0.904. The van der Waals surface area contributed by atoms with E-state index < -0.39 is 0 Å². The third-order valence-electron chi connectivity index (χ3n) is 4.52. The van der Waals surface area contributed by atoms with E-state index in [2.05, 4.69) is 17.5 Å². The van der Waals surface area contributed by atoms with Gasteiger partial charge in [0, 0.05) is 10.8 Å². The predicted molar refractivity (Wildman–Crippen MR) is 73.6 cm³/mol. The zero-order valence-corrected chi connectivity index (χ0v) is 11.4. The number of nitrogens with zero attached hydrogens (tertiary/aromatic N) is 1. The molecule has 3 rings (SSSR count). The first-order valence-corrected chi connectivity index (χ1v) is 7.46. The van der Waals surface area contributed by atoms with E-state index in [4.69, 9.17) is 0 Å². The monoisotopic (exact) mass is 262 g/mol. The van der Waals surface area contributed by atoms with Crippen LogP contribution in [0.5, 0.6) is 0 Å². The van der Waals surface area contributed by atoms with Crippen LogP contribution in [0.2, 0.25) is 0 Å². The SMILES string of the molecule is C[C@@]12CCCC[C@@H]1[C@@H]2C(=O)N/N=C\c1cccs1. The van der Waals surface area contributed by atoms with Crippen LogP contribution in [-0.2, 0) is 4.79 Å². The lowest BCUT2D eigenvalue weighted by molar-refractivity contribution is -0.123. The van der Waals surface area contributed by atoms with Crippen molar-refractivity contribution in [1.82, 2.24) is 5.43 Å². The zero-order valence-electron chi connectivity index (χ0n) is 10.6. The number of carbonyl (C=O) groups excluding carboxylic acids is 1. The molecule has 1 aromatic rings. The number of carbonyl (C=O) groups is 1. The first kappa shape index (κ1) is 11.9. The van der Waals surface area contributed by atoms with Gasteiger partial charge in [-0.3, -0.25) is 4.79 Å². The van der Waals surface area contributed by atoms with Crippen LogP contribution in [0.15, 0.2) is 22.6 Å². The second kappa shape index (κ2) is 4.50. The number of hydrogen-bond acceptors (Lipinski definition) is 3. The van der Waals surface area contributed by atoms with Crippen LogP contribution in [0.1, 0.15) is 37.5 Å². The molecular formula is C14H18N2OS. The summed E-state index contributed by atoms with van der Waals surface area (Å²) < 4.78 is 0. The van der Waals surface area contributed by atoms with Crippen molar-refractivity contribution in [2.45, 2.75) is 32.6 Å². The van der Waals surface area contributed by atoms with Crippen LogP contribution in [-0.4, -0.2) is 12.1 Å². The number of fused-ring (bicyclic) bond motifs is 1. The molecule has 2 fully saturated rings. The van der Waals surface area contributed by atoms with Crippen molar-refractivity contribution < 1.29 is 4.79 Å². The summed E-state index contributed by atoms with van der Waals surface area (Å²) in [6, 6.07) is 3.96. The molecule has 2 saturated carbocycles. The van der Waals surface area contributed by atoms with Gasteiger partial charge in [0.2, 0.25) is 5.91 Å². The molecule has 1 N–H and O–H groups in total.